The summed E-state index contributed by atoms with van der Waals surface area (Å²) in [6.45, 7) is 3.79. The number of methoxy groups -OCH3 is 1. The van der Waals surface area contributed by atoms with Crippen molar-refractivity contribution < 1.29 is 28.5 Å². The monoisotopic (exact) mass is 354 g/mol. The predicted octanol–water partition coefficient (Wildman–Crippen LogP) is 2.91. The van der Waals surface area contributed by atoms with Crippen LogP contribution in [0.5, 0.6) is 0 Å². The van der Waals surface area contributed by atoms with E-state index in [0.717, 1.165) is 11.4 Å². The van der Waals surface area contributed by atoms with Gasteiger partial charge >= 0.3 is 0 Å². The van der Waals surface area contributed by atoms with Gasteiger partial charge < -0.3 is 19.1 Å². The summed E-state index contributed by atoms with van der Waals surface area (Å²) in [6.07, 6.45) is -0.459. The van der Waals surface area contributed by atoms with Crippen molar-refractivity contribution in [3.05, 3.63) is 47.8 Å². The third kappa shape index (κ3) is 4.62. The molecule has 0 saturated carbocycles. The van der Waals surface area contributed by atoms with Gasteiger partial charge in [0.1, 0.15) is 24.4 Å². The largest absolute Gasteiger partial charge is 0.376 e. The molecule has 0 bridgehead atoms. The molecule has 0 radical (unpaired) electrons. The minimum Gasteiger partial charge on any atom is -0.376 e. The fraction of sp³-hybridized carbons (Fsp3) is 0.471. The first-order valence-corrected chi connectivity index (χ1v) is 9.54. The van der Waals surface area contributed by atoms with Gasteiger partial charge in [-0.2, -0.15) is 0 Å². The van der Waals surface area contributed by atoms with E-state index in [1.165, 1.54) is 6.08 Å². The van der Waals surface area contributed by atoms with Crippen LogP contribution in [0, 0.1) is 0 Å². The summed E-state index contributed by atoms with van der Waals surface area (Å²) in [5, 5.41) is 0. The van der Waals surface area contributed by atoms with E-state index in [4.69, 9.17) is 14.2 Å². The van der Waals surface area contributed by atoms with Crippen molar-refractivity contribution in [1.29, 1.82) is 0 Å². The topological polar surface area (TPSA) is 82.1 Å². The Kier molecular flexibility index (Phi) is 6.49. The Morgan fingerprint density at radius 2 is 1.92 bits per heavy atom. The molecule has 5 atom stereocenters. The van der Waals surface area contributed by atoms with E-state index in [-0.39, 0.29) is 24.3 Å². The van der Waals surface area contributed by atoms with Gasteiger partial charge in [0, 0.05) is 12.9 Å². The first-order chi connectivity index (χ1) is 11.4. The molecule has 6 nitrogen and oxygen atoms in total. The van der Waals surface area contributed by atoms with Crippen molar-refractivity contribution >= 4 is 13.4 Å². The molecule has 1 unspecified atom stereocenters. The van der Waals surface area contributed by atoms with Gasteiger partial charge in [-0.15, -0.1) is 0 Å². The Morgan fingerprint density at radius 3 is 2.46 bits per heavy atom. The van der Waals surface area contributed by atoms with E-state index in [1.54, 1.807) is 7.11 Å². The Hall–Kier alpha value is -1.30. The molecule has 0 aliphatic carbocycles. The normalized spacial score (nSPS) is 29.9. The average Bonchev–Trinajstić information content (AvgIpc) is 2.91. The average molecular weight is 354 g/mol. The number of hydrogen-bond acceptors (Lipinski definition) is 5. The number of carbonyl (C=O) groups excluding carboxylic acids is 1. The van der Waals surface area contributed by atoms with Crippen LogP contribution in [0.3, 0.4) is 0 Å². The van der Waals surface area contributed by atoms with E-state index in [1.807, 2.05) is 44.2 Å². The summed E-state index contributed by atoms with van der Waals surface area (Å²) in [5.74, 6) is 0.988. The summed E-state index contributed by atoms with van der Waals surface area (Å²) in [5.41, 5.74) is 0.931. The number of benzene rings is 1. The van der Waals surface area contributed by atoms with Crippen LogP contribution in [0.4, 0.5) is 0 Å². The van der Waals surface area contributed by atoms with Crippen LogP contribution in [0.2, 0.25) is 0 Å². The van der Waals surface area contributed by atoms with Crippen molar-refractivity contribution in [3.8, 4) is 0 Å². The van der Waals surface area contributed by atoms with Crippen LogP contribution in [-0.2, 0) is 23.6 Å². The molecule has 1 aromatic rings. The molecular formula is C17H23O6P. The van der Waals surface area contributed by atoms with Gasteiger partial charge in [0.25, 0.3) is 7.37 Å². The zero-order valence-corrected chi connectivity index (χ0v) is 14.8. The van der Waals surface area contributed by atoms with E-state index >= 15 is 0 Å². The first kappa shape index (κ1) is 19.0. The lowest BCUT2D eigenvalue weighted by molar-refractivity contribution is -0.0694. The van der Waals surface area contributed by atoms with E-state index in [0.29, 0.717) is 0 Å². The highest BCUT2D eigenvalue weighted by atomic mass is 31.2. The Bertz CT molecular complexity index is 615. The maximum Gasteiger partial charge on any atom is 0.283 e. The predicted molar refractivity (Wildman–Crippen MR) is 90.6 cm³/mol. The molecule has 1 saturated heterocycles. The molecule has 132 valence electrons. The lowest BCUT2D eigenvalue weighted by atomic mass is 10.0. The maximum atomic E-state index is 11.5. The van der Waals surface area contributed by atoms with Gasteiger partial charge in [-0.25, -0.2) is 0 Å². The lowest BCUT2D eigenvalue weighted by Crippen LogP contribution is -2.36. The SMILES string of the molecule is CO[C@@H]1[C@H](OC(C)C)[C@@H](/C=C/P(=O)(O)C=O)O[C@H]1c1ccccc1. The highest BCUT2D eigenvalue weighted by molar-refractivity contribution is 7.75. The molecule has 0 amide bonds. The zero-order valence-electron chi connectivity index (χ0n) is 13.9. The molecular weight excluding hydrogens is 331 g/mol. The highest BCUT2D eigenvalue weighted by Gasteiger charge is 2.45. The third-order valence-corrected chi connectivity index (χ3v) is 4.62. The zero-order chi connectivity index (χ0) is 17.7. The van der Waals surface area contributed by atoms with Gasteiger partial charge in [0.2, 0.25) is 6.03 Å². The van der Waals surface area contributed by atoms with Gasteiger partial charge in [-0.1, -0.05) is 30.3 Å². The number of rotatable bonds is 7. The van der Waals surface area contributed by atoms with Crippen LogP contribution in [0.25, 0.3) is 0 Å². The van der Waals surface area contributed by atoms with E-state index < -0.39 is 19.6 Å². The molecule has 1 aliphatic heterocycles. The fourth-order valence-electron chi connectivity index (χ4n) is 2.72. The number of ether oxygens (including phenoxy) is 3. The fourth-order valence-corrected chi connectivity index (χ4v) is 3.21. The Balaban J connectivity index is 2.31. The summed E-state index contributed by atoms with van der Waals surface area (Å²) in [6, 6.07) is 9.61. The summed E-state index contributed by atoms with van der Waals surface area (Å²) in [4.78, 5) is 20.1. The van der Waals surface area contributed by atoms with Gasteiger partial charge in [0.15, 0.2) is 0 Å². The molecule has 7 heteroatoms. The van der Waals surface area contributed by atoms with Crippen LogP contribution >= 0.6 is 7.37 Å². The lowest BCUT2D eigenvalue weighted by Gasteiger charge is -2.24. The van der Waals surface area contributed by atoms with Crippen molar-refractivity contribution in [2.45, 2.75) is 44.4 Å². The minimum atomic E-state index is -3.94. The molecule has 24 heavy (non-hydrogen) atoms. The minimum absolute atomic E-state index is 0.0409. The summed E-state index contributed by atoms with van der Waals surface area (Å²) in [7, 11) is -2.37. The van der Waals surface area contributed by atoms with Crippen molar-refractivity contribution in [2.24, 2.45) is 0 Å². The Morgan fingerprint density at radius 1 is 1.25 bits per heavy atom. The molecule has 1 fully saturated rings. The van der Waals surface area contributed by atoms with Crippen LogP contribution in [-0.4, -0.2) is 42.4 Å². The molecule has 0 spiro atoms. The van der Waals surface area contributed by atoms with Gasteiger partial charge in [0.05, 0.1) is 6.10 Å². The highest BCUT2D eigenvalue weighted by Crippen LogP contribution is 2.42. The molecule has 1 heterocycles. The maximum absolute atomic E-state index is 11.5. The molecule has 1 aliphatic rings. The number of hydrogen-bond donors (Lipinski definition) is 1. The standard InChI is InChI=1S/C17H23O6P/c1-12(2)22-16-14(9-10-24(19,20)11-18)23-15(17(16)21-3)13-7-5-4-6-8-13/h4-12,14-17H,1-3H3,(H,19,20)/b10-9+/t14-,15+,16-,17+/m1/s1. The second-order valence-corrected chi connectivity index (χ2v) is 7.76. The first-order valence-electron chi connectivity index (χ1n) is 7.74. The van der Waals surface area contributed by atoms with Crippen molar-refractivity contribution in [1.82, 2.24) is 0 Å². The van der Waals surface area contributed by atoms with Crippen LogP contribution < -0.4 is 0 Å². The van der Waals surface area contributed by atoms with Crippen LogP contribution in [0.15, 0.2) is 42.2 Å². The van der Waals surface area contributed by atoms with E-state index in [2.05, 4.69) is 0 Å². The summed E-state index contributed by atoms with van der Waals surface area (Å²) < 4.78 is 29.1. The molecule has 1 aromatic carbocycles. The van der Waals surface area contributed by atoms with Gasteiger partial charge in [-0.05, 0) is 25.5 Å². The second-order valence-electron chi connectivity index (χ2n) is 5.90. The van der Waals surface area contributed by atoms with E-state index in [9.17, 15) is 14.3 Å². The van der Waals surface area contributed by atoms with Crippen molar-refractivity contribution in [2.75, 3.05) is 7.11 Å². The number of carbonyl (C=O) groups is 1. The smallest absolute Gasteiger partial charge is 0.283 e. The second kappa shape index (κ2) is 8.19. The molecule has 1 N–H and O–H groups in total. The quantitative estimate of drug-likeness (QED) is 0.599. The van der Waals surface area contributed by atoms with Gasteiger partial charge in [-0.3, -0.25) is 9.36 Å². The third-order valence-electron chi connectivity index (χ3n) is 3.72. The Labute approximate surface area is 141 Å². The van der Waals surface area contributed by atoms with Crippen molar-refractivity contribution in [3.63, 3.8) is 0 Å². The molecule has 2 rings (SSSR count). The summed E-state index contributed by atoms with van der Waals surface area (Å²) >= 11 is 0. The van der Waals surface area contributed by atoms with Crippen LogP contribution in [0.1, 0.15) is 25.5 Å². The molecule has 0 aromatic heterocycles.